The van der Waals surface area contributed by atoms with Gasteiger partial charge in [-0.15, -0.1) is 0 Å². The molecule has 2 aromatic rings. The molecule has 0 radical (unpaired) electrons. The summed E-state index contributed by atoms with van der Waals surface area (Å²) in [6.07, 6.45) is 0. The molecular weight excluding hydrogens is 280 g/mol. The van der Waals surface area contributed by atoms with Crippen molar-refractivity contribution in [2.45, 2.75) is 19.9 Å². The highest BCUT2D eigenvalue weighted by atomic mass is 16.5. The molecule has 0 amide bonds. The maximum absolute atomic E-state index is 5.95. The highest BCUT2D eigenvalue weighted by Crippen LogP contribution is 2.41. The number of aryl methyl sites for hydroxylation is 1. The molecule has 0 bridgehead atoms. The molecule has 0 aliphatic carbocycles. The minimum atomic E-state index is -0.0544. The smallest absolute Gasteiger partial charge is 0.135 e. The fourth-order valence-corrected chi connectivity index (χ4v) is 2.45. The normalized spacial score (nSPS) is 11.9. The van der Waals surface area contributed by atoms with Gasteiger partial charge in [0, 0.05) is 23.9 Å². The lowest BCUT2D eigenvalue weighted by Crippen LogP contribution is -2.08. The number of aromatic nitrogens is 1. The molecule has 0 saturated heterocycles. The van der Waals surface area contributed by atoms with E-state index in [1.54, 1.807) is 21.3 Å². The minimum Gasteiger partial charge on any atom is -0.496 e. The Hall–Kier alpha value is -2.27. The van der Waals surface area contributed by atoms with Gasteiger partial charge in [0.05, 0.1) is 32.6 Å². The monoisotopic (exact) mass is 302 g/mol. The van der Waals surface area contributed by atoms with Gasteiger partial charge >= 0.3 is 0 Å². The zero-order chi connectivity index (χ0) is 16.3. The molecule has 0 fully saturated rings. The van der Waals surface area contributed by atoms with Crippen molar-refractivity contribution >= 4 is 0 Å². The van der Waals surface area contributed by atoms with E-state index in [0.29, 0.717) is 17.2 Å². The molecule has 1 heterocycles. The average molecular weight is 302 g/mol. The first-order chi connectivity index (χ1) is 10.5. The Balaban J connectivity index is 2.63. The van der Waals surface area contributed by atoms with Crippen LogP contribution >= 0.6 is 0 Å². The van der Waals surface area contributed by atoms with E-state index in [-0.39, 0.29) is 6.04 Å². The Morgan fingerprint density at radius 3 is 2.00 bits per heavy atom. The van der Waals surface area contributed by atoms with Gasteiger partial charge < -0.3 is 19.9 Å². The maximum Gasteiger partial charge on any atom is 0.135 e. The van der Waals surface area contributed by atoms with Crippen LogP contribution in [0, 0.1) is 6.92 Å². The second-order valence-electron chi connectivity index (χ2n) is 5.07. The highest BCUT2D eigenvalue weighted by Gasteiger charge is 2.17. The van der Waals surface area contributed by atoms with E-state index in [1.165, 1.54) is 0 Å². The summed E-state index contributed by atoms with van der Waals surface area (Å²) in [6, 6.07) is 7.49. The first kappa shape index (κ1) is 16.1. The van der Waals surface area contributed by atoms with E-state index in [1.807, 2.05) is 38.1 Å². The van der Waals surface area contributed by atoms with E-state index in [2.05, 4.69) is 4.98 Å². The molecule has 118 valence electrons. The Morgan fingerprint density at radius 2 is 1.59 bits per heavy atom. The number of nitrogens with two attached hydrogens (primary N) is 1. The quantitative estimate of drug-likeness (QED) is 0.919. The lowest BCUT2D eigenvalue weighted by molar-refractivity contribution is 0.377. The van der Waals surface area contributed by atoms with Crippen LogP contribution in [0.2, 0.25) is 0 Å². The van der Waals surface area contributed by atoms with Crippen molar-refractivity contribution in [1.29, 1.82) is 0 Å². The standard InChI is InChI=1S/C17H22N2O3/c1-10(18)13-6-7-14(19-11(13)2)17-15(21-4)8-12(20-3)9-16(17)22-5/h6-10H,18H2,1-5H3. The number of rotatable bonds is 5. The summed E-state index contributed by atoms with van der Waals surface area (Å²) in [5, 5.41) is 0. The van der Waals surface area contributed by atoms with Gasteiger partial charge in [-0.05, 0) is 25.5 Å². The van der Waals surface area contributed by atoms with Gasteiger partial charge in [-0.25, -0.2) is 0 Å². The van der Waals surface area contributed by atoms with Crippen molar-refractivity contribution in [2.24, 2.45) is 5.73 Å². The predicted molar refractivity (Wildman–Crippen MR) is 86.7 cm³/mol. The molecule has 1 atom stereocenters. The summed E-state index contributed by atoms with van der Waals surface area (Å²) in [5.74, 6) is 1.97. The first-order valence-electron chi connectivity index (χ1n) is 7.05. The summed E-state index contributed by atoms with van der Waals surface area (Å²) >= 11 is 0. The van der Waals surface area contributed by atoms with Gasteiger partial charge in [-0.1, -0.05) is 6.07 Å². The van der Waals surface area contributed by atoms with Crippen LogP contribution in [0.5, 0.6) is 17.2 Å². The lowest BCUT2D eigenvalue weighted by atomic mass is 10.0. The van der Waals surface area contributed by atoms with Crippen molar-refractivity contribution in [3.63, 3.8) is 0 Å². The highest BCUT2D eigenvalue weighted by molar-refractivity contribution is 5.76. The molecule has 2 rings (SSSR count). The van der Waals surface area contributed by atoms with E-state index in [0.717, 1.165) is 22.5 Å². The predicted octanol–water partition coefficient (Wildman–Crippen LogP) is 3.10. The molecule has 1 aromatic carbocycles. The number of hydrogen-bond acceptors (Lipinski definition) is 5. The second kappa shape index (κ2) is 6.66. The van der Waals surface area contributed by atoms with E-state index < -0.39 is 0 Å². The van der Waals surface area contributed by atoms with Crippen LogP contribution in [-0.2, 0) is 0 Å². The molecule has 0 saturated carbocycles. The summed E-state index contributed by atoms with van der Waals surface area (Å²) in [7, 11) is 4.83. The van der Waals surface area contributed by atoms with Crippen molar-refractivity contribution in [3.8, 4) is 28.5 Å². The van der Waals surface area contributed by atoms with Crippen LogP contribution < -0.4 is 19.9 Å². The molecule has 5 heteroatoms. The molecule has 0 aliphatic heterocycles. The second-order valence-corrected chi connectivity index (χ2v) is 5.07. The number of hydrogen-bond donors (Lipinski definition) is 1. The lowest BCUT2D eigenvalue weighted by Gasteiger charge is -2.16. The van der Waals surface area contributed by atoms with Crippen LogP contribution in [0.3, 0.4) is 0 Å². The molecule has 1 unspecified atom stereocenters. The number of benzene rings is 1. The third kappa shape index (κ3) is 2.99. The van der Waals surface area contributed by atoms with Crippen molar-refractivity contribution in [1.82, 2.24) is 4.98 Å². The average Bonchev–Trinajstić information content (AvgIpc) is 2.52. The first-order valence-corrected chi connectivity index (χ1v) is 7.05. The van der Waals surface area contributed by atoms with Gasteiger partial charge in [0.2, 0.25) is 0 Å². The summed E-state index contributed by atoms with van der Waals surface area (Å²) in [5.41, 5.74) is 9.44. The Morgan fingerprint density at radius 1 is 1.00 bits per heavy atom. The van der Waals surface area contributed by atoms with Crippen LogP contribution in [0.15, 0.2) is 24.3 Å². The number of pyridine rings is 1. The fraction of sp³-hybridized carbons (Fsp3) is 0.353. The Labute approximate surface area is 131 Å². The SMILES string of the molecule is COc1cc(OC)c(-c2ccc(C(C)N)c(C)n2)c(OC)c1. The Bertz CT molecular complexity index is 644. The third-order valence-corrected chi connectivity index (χ3v) is 3.59. The molecule has 1 aromatic heterocycles. The third-order valence-electron chi connectivity index (χ3n) is 3.59. The molecule has 0 spiro atoms. The zero-order valence-corrected chi connectivity index (χ0v) is 13.6. The largest absolute Gasteiger partial charge is 0.496 e. The maximum atomic E-state index is 5.95. The van der Waals surface area contributed by atoms with Gasteiger partial charge in [0.15, 0.2) is 0 Å². The van der Waals surface area contributed by atoms with Gasteiger partial charge in [-0.2, -0.15) is 0 Å². The summed E-state index contributed by atoms with van der Waals surface area (Å²) < 4.78 is 16.2. The topological polar surface area (TPSA) is 66.6 Å². The molecule has 2 N–H and O–H groups in total. The minimum absolute atomic E-state index is 0.0544. The van der Waals surface area contributed by atoms with Crippen LogP contribution in [-0.4, -0.2) is 26.3 Å². The van der Waals surface area contributed by atoms with Gasteiger partial charge in [0.1, 0.15) is 17.2 Å². The van der Waals surface area contributed by atoms with E-state index >= 15 is 0 Å². The number of methoxy groups -OCH3 is 3. The summed E-state index contributed by atoms with van der Waals surface area (Å²) in [6.45, 7) is 3.89. The van der Waals surface area contributed by atoms with Crippen LogP contribution in [0.4, 0.5) is 0 Å². The van der Waals surface area contributed by atoms with Gasteiger partial charge in [-0.3, -0.25) is 4.98 Å². The van der Waals surface area contributed by atoms with Crippen molar-refractivity contribution in [3.05, 3.63) is 35.5 Å². The van der Waals surface area contributed by atoms with E-state index in [4.69, 9.17) is 19.9 Å². The molecule has 22 heavy (non-hydrogen) atoms. The number of nitrogens with zero attached hydrogens (tertiary/aromatic N) is 1. The Kier molecular flexibility index (Phi) is 4.88. The van der Waals surface area contributed by atoms with Crippen LogP contribution in [0.25, 0.3) is 11.3 Å². The summed E-state index contributed by atoms with van der Waals surface area (Å²) in [4.78, 5) is 4.66. The molecule has 0 aliphatic rings. The zero-order valence-electron chi connectivity index (χ0n) is 13.6. The molecule has 5 nitrogen and oxygen atoms in total. The van der Waals surface area contributed by atoms with E-state index in [9.17, 15) is 0 Å². The fourth-order valence-electron chi connectivity index (χ4n) is 2.45. The molecular formula is C17H22N2O3. The van der Waals surface area contributed by atoms with Crippen LogP contribution in [0.1, 0.15) is 24.2 Å². The van der Waals surface area contributed by atoms with Gasteiger partial charge in [0.25, 0.3) is 0 Å². The van der Waals surface area contributed by atoms with Crippen molar-refractivity contribution in [2.75, 3.05) is 21.3 Å². The van der Waals surface area contributed by atoms with Crippen molar-refractivity contribution < 1.29 is 14.2 Å². The number of ether oxygens (including phenoxy) is 3.